The molecular weight excluding hydrogens is 417 g/mol. The maximum absolute atomic E-state index is 13.3. The maximum atomic E-state index is 13.3. The lowest BCUT2D eigenvalue weighted by Gasteiger charge is -2.19. The van der Waals surface area contributed by atoms with E-state index in [4.69, 9.17) is 22.1 Å². The fourth-order valence-electron chi connectivity index (χ4n) is 2.32. The fourth-order valence-corrected chi connectivity index (χ4v) is 3.72. The Morgan fingerprint density at radius 3 is 2.55 bits per heavy atom. The molecule has 0 aliphatic carbocycles. The van der Waals surface area contributed by atoms with E-state index in [2.05, 4.69) is 54.3 Å². The smallest absolute Gasteiger partial charge is 0.312 e. The summed E-state index contributed by atoms with van der Waals surface area (Å²) in [5, 5.41) is 16.8. The van der Waals surface area contributed by atoms with Crippen molar-refractivity contribution in [2.45, 2.75) is 55.4 Å². The molecule has 11 heteroatoms. The molecule has 0 saturated carbocycles. The predicted molar refractivity (Wildman–Crippen MR) is 116 cm³/mol. The largest absolute Gasteiger partial charge is 0.481 e. The number of nitrogens with two attached hydrogens (primary N) is 1. The number of carbonyl (C=O) groups is 1. The molecule has 2 unspecified atom stereocenters. The van der Waals surface area contributed by atoms with Gasteiger partial charge >= 0.3 is 6.08 Å². The van der Waals surface area contributed by atoms with Crippen molar-refractivity contribution in [1.29, 1.82) is 0 Å². The van der Waals surface area contributed by atoms with Gasteiger partial charge in [0.2, 0.25) is 0 Å². The third-order valence-corrected chi connectivity index (χ3v) is 5.04. The standard InChI is InChI=1S/C12H12FN5OS.C4H10S.C2H4O2/c1-2-12(5-19)4-3-7(20-12)18-6-15-8-9(14)16-11(13)17-10(8)18;1-4(2,3)5;1-2(3)4/h1,6-7,19H,3-5H2,(H2,14,16,17);5H,1-3H3;1H3,(H,3,4). The number of fused-ring (bicyclic) bond motifs is 1. The summed E-state index contributed by atoms with van der Waals surface area (Å²) in [6, 6.07) is 0. The zero-order valence-corrected chi connectivity index (χ0v) is 18.5. The summed E-state index contributed by atoms with van der Waals surface area (Å²) < 4.78 is 14.6. The van der Waals surface area contributed by atoms with E-state index in [0.29, 0.717) is 17.6 Å². The first-order valence-electron chi connectivity index (χ1n) is 8.66. The third kappa shape index (κ3) is 7.72. The van der Waals surface area contributed by atoms with E-state index in [-0.39, 0.29) is 22.5 Å². The molecule has 2 aromatic rings. The first kappa shape index (κ1) is 25.0. The third-order valence-electron chi connectivity index (χ3n) is 3.41. The van der Waals surface area contributed by atoms with Crippen LogP contribution in [0.3, 0.4) is 0 Å². The van der Waals surface area contributed by atoms with E-state index in [1.165, 1.54) is 11.8 Å². The topological polar surface area (TPSA) is 127 Å². The van der Waals surface area contributed by atoms with Crippen molar-refractivity contribution in [3.8, 4) is 12.3 Å². The van der Waals surface area contributed by atoms with Gasteiger partial charge in [-0.15, -0.1) is 18.2 Å². The summed E-state index contributed by atoms with van der Waals surface area (Å²) in [7, 11) is 0. The number of rotatable bonds is 2. The monoisotopic (exact) mass is 443 g/mol. The van der Waals surface area contributed by atoms with Crippen LogP contribution in [-0.4, -0.2) is 51.8 Å². The molecule has 8 nitrogen and oxygen atoms in total. The molecule has 4 N–H and O–H groups in total. The van der Waals surface area contributed by atoms with Gasteiger partial charge in [-0.1, -0.05) is 26.7 Å². The van der Waals surface area contributed by atoms with Crippen LogP contribution in [0.4, 0.5) is 10.2 Å². The number of terminal acetylenes is 1. The molecule has 0 aromatic carbocycles. The highest BCUT2D eigenvalue weighted by Crippen LogP contribution is 2.49. The Morgan fingerprint density at radius 1 is 1.55 bits per heavy atom. The van der Waals surface area contributed by atoms with Crippen molar-refractivity contribution in [1.82, 2.24) is 19.5 Å². The highest BCUT2D eigenvalue weighted by Gasteiger charge is 2.39. The first-order chi connectivity index (χ1) is 13.3. The molecular formula is C18H26FN5O3S2. The molecule has 0 spiro atoms. The quantitative estimate of drug-likeness (QED) is 0.317. The van der Waals surface area contributed by atoms with Gasteiger partial charge in [0, 0.05) is 11.7 Å². The Labute approximate surface area is 178 Å². The zero-order valence-electron chi connectivity index (χ0n) is 16.8. The number of hydrogen-bond donors (Lipinski definition) is 4. The Morgan fingerprint density at radius 2 is 2.10 bits per heavy atom. The number of aromatic nitrogens is 4. The number of aliphatic carboxylic acids is 1. The summed E-state index contributed by atoms with van der Waals surface area (Å²) >= 11 is 5.58. The van der Waals surface area contributed by atoms with Gasteiger partial charge in [-0.05, 0) is 12.8 Å². The van der Waals surface area contributed by atoms with E-state index in [9.17, 15) is 9.50 Å². The van der Waals surface area contributed by atoms with Gasteiger partial charge in [0.05, 0.1) is 18.3 Å². The number of thioether (sulfide) groups is 1. The highest BCUT2D eigenvalue weighted by atomic mass is 32.2. The van der Waals surface area contributed by atoms with Crippen molar-refractivity contribution in [2.24, 2.45) is 0 Å². The molecule has 0 radical (unpaired) electrons. The van der Waals surface area contributed by atoms with E-state index < -0.39 is 16.8 Å². The van der Waals surface area contributed by atoms with Gasteiger partial charge in [-0.2, -0.15) is 27.0 Å². The zero-order chi connectivity index (χ0) is 22.4. The Bertz CT molecular complexity index is 884. The maximum Gasteiger partial charge on any atom is 0.312 e. The van der Waals surface area contributed by atoms with Gasteiger partial charge in [0.15, 0.2) is 11.5 Å². The average Bonchev–Trinajstić information content (AvgIpc) is 3.17. The molecule has 0 amide bonds. The number of aliphatic hydroxyl groups is 1. The average molecular weight is 444 g/mol. The molecule has 160 valence electrons. The number of nitrogens with zero attached hydrogens (tertiary/aromatic N) is 4. The van der Waals surface area contributed by atoms with Crippen molar-refractivity contribution in [3.05, 3.63) is 12.4 Å². The summed E-state index contributed by atoms with van der Waals surface area (Å²) in [5.74, 6) is 1.82. The van der Waals surface area contributed by atoms with Crippen LogP contribution in [0, 0.1) is 18.4 Å². The van der Waals surface area contributed by atoms with Crippen molar-refractivity contribution in [2.75, 3.05) is 12.3 Å². The van der Waals surface area contributed by atoms with Crippen LogP contribution in [0.25, 0.3) is 11.2 Å². The van der Waals surface area contributed by atoms with E-state index in [0.717, 1.165) is 13.3 Å². The number of imidazole rings is 1. The summed E-state index contributed by atoms with van der Waals surface area (Å²) in [4.78, 5) is 20.3. The number of carboxylic acid groups (broad SMARTS) is 1. The first-order valence-corrected chi connectivity index (χ1v) is 9.98. The van der Waals surface area contributed by atoms with Gasteiger partial charge in [-0.3, -0.25) is 4.79 Å². The lowest BCUT2D eigenvalue weighted by Crippen LogP contribution is -2.23. The Kier molecular flexibility index (Phi) is 8.74. The van der Waals surface area contributed by atoms with Crippen LogP contribution >= 0.6 is 24.4 Å². The van der Waals surface area contributed by atoms with Gasteiger partial charge < -0.3 is 20.5 Å². The minimum absolute atomic E-state index is 0.0135. The van der Waals surface area contributed by atoms with E-state index in [1.807, 2.05) is 0 Å². The van der Waals surface area contributed by atoms with Crippen molar-refractivity contribution < 1.29 is 19.4 Å². The molecule has 2 aromatic heterocycles. The van der Waals surface area contributed by atoms with Gasteiger partial charge in [0.25, 0.3) is 5.97 Å². The SMILES string of the molecule is C#CC1(CO)CCC(n2cnc3c(N)nc(F)nc32)S1.CC(=O)O.CC(C)(C)S. The number of aliphatic hydroxyl groups excluding tert-OH is 1. The second-order valence-electron chi connectivity index (χ2n) is 7.30. The number of nitrogen functional groups attached to an aromatic ring is 1. The van der Waals surface area contributed by atoms with Crippen LogP contribution in [0.1, 0.15) is 45.9 Å². The number of anilines is 1. The summed E-state index contributed by atoms with van der Waals surface area (Å²) in [6.07, 6.45) is 7.58. The summed E-state index contributed by atoms with van der Waals surface area (Å²) in [5.41, 5.74) is 6.34. The van der Waals surface area contributed by atoms with Crippen LogP contribution in [0.15, 0.2) is 6.33 Å². The molecule has 3 heterocycles. The van der Waals surface area contributed by atoms with Crippen LogP contribution in [0.2, 0.25) is 0 Å². The van der Waals surface area contributed by atoms with Crippen molar-refractivity contribution >= 4 is 47.3 Å². The second-order valence-corrected chi connectivity index (χ2v) is 10.2. The Balaban J connectivity index is 0.000000396. The molecule has 1 fully saturated rings. The fraction of sp³-hybridized carbons (Fsp3) is 0.556. The second kappa shape index (κ2) is 10.1. The minimum atomic E-state index is -0.884. The molecule has 2 atom stereocenters. The number of halogens is 1. The number of carboxylic acids is 1. The predicted octanol–water partition coefficient (Wildman–Crippen LogP) is 2.74. The number of hydrogen-bond acceptors (Lipinski definition) is 8. The van der Waals surface area contributed by atoms with Crippen LogP contribution in [-0.2, 0) is 4.79 Å². The summed E-state index contributed by atoms with van der Waals surface area (Å²) in [6.45, 7) is 7.14. The van der Waals surface area contributed by atoms with Crippen molar-refractivity contribution in [3.63, 3.8) is 0 Å². The lowest BCUT2D eigenvalue weighted by atomic mass is 10.1. The van der Waals surface area contributed by atoms with E-state index >= 15 is 0 Å². The molecule has 1 saturated heterocycles. The van der Waals surface area contributed by atoms with Gasteiger partial charge in [0.1, 0.15) is 10.3 Å². The molecule has 1 aliphatic rings. The molecule has 1 aliphatic heterocycles. The molecule has 3 rings (SSSR count). The molecule has 29 heavy (non-hydrogen) atoms. The lowest BCUT2D eigenvalue weighted by molar-refractivity contribution is -0.134. The van der Waals surface area contributed by atoms with Crippen LogP contribution in [0.5, 0.6) is 0 Å². The molecule has 0 bridgehead atoms. The normalized spacial score (nSPS) is 20.8. The number of thiol groups is 1. The van der Waals surface area contributed by atoms with Gasteiger partial charge in [-0.25, -0.2) is 4.98 Å². The Hall–Kier alpha value is -2.03. The highest BCUT2D eigenvalue weighted by molar-refractivity contribution is 8.01. The van der Waals surface area contributed by atoms with E-state index in [1.54, 1.807) is 10.9 Å². The minimum Gasteiger partial charge on any atom is -0.481 e. The van der Waals surface area contributed by atoms with Crippen LogP contribution < -0.4 is 5.73 Å².